The van der Waals surface area contributed by atoms with Crippen LogP contribution in [-0.4, -0.2) is 28.3 Å². The number of carbonyl (C=O) groups is 1. The molecule has 1 heterocycles. The fourth-order valence-electron chi connectivity index (χ4n) is 1.86. The summed E-state index contributed by atoms with van der Waals surface area (Å²) in [5.41, 5.74) is 1.26. The summed E-state index contributed by atoms with van der Waals surface area (Å²) in [6.07, 6.45) is 1.58. The number of hydrogen-bond acceptors (Lipinski definition) is 4. The van der Waals surface area contributed by atoms with Crippen LogP contribution in [0, 0.1) is 12.8 Å². The predicted molar refractivity (Wildman–Crippen MR) is 89.2 cm³/mol. The number of urea groups is 1. The van der Waals surface area contributed by atoms with Crippen molar-refractivity contribution in [1.29, 1.82) is 0 Å². The second kappa shape index (κ2) is 6.83. The van der Waals surface area contributed by atoms with Crippen molar-refractivity contribution in [3.8, 4) is 11.5 Å². The van der Waals surface area contributed by atoms with Crippen LogP contribution in [0.1, 0.15) is 26.5 Å². The van der Waals surface area contributed by atoms with Crippen molar-refractivity contribution in [3.63, 3.8) is 0 Å². The van der Waals surface area contributed by atoms with E-state index in [0.717, 1.165) is 11.3 Å². The van der Waals surface area contributed by atoms with Gasteiger partial charge in [0.25, 0.3) is 0 Å². The summed E-state index contributed by atoms with van der Waals surface area (Å²) in [7, 11) is 0. The van der Waals surface area contributed by atoms with Crippen molar-refractivity contribution >= 4 is 11.7 Å². The van der Waals surface area contributed by atoms with Crippen LogP contribution in [0.2, 0.25) is 0 Å². The zero-order valence-corrected chi connectivity index (χ0v) is 13.9. The van der Waals surface area contributed by atoms with Crippen LogP contribution in [0.5, 0.6) is 0 Å². The largest absolute Gasteiger partial charge is 0.444 e. The first-order valence-electron chi connectivity index (χ1n) is 7.58. The van der Waals surface area contributed by atoms with Crippen LogP contribution in [0.15, 0.2) is 34.9 Å². The quantitative estimate of drug-likeness (QED) is 0.790. The molecular weight excluding hydrogens is 294 g/mol. The van der Waals surface area contributed by atoms with Crippen LogP contribution in [0.3, 0.4) is 0 Å². The van der Waals surface area contributed by atoms with Gasteiger partial charge < -0.3 is 20.2 Å². The molecule has 0 bridgehead atoms. The highest BCUT2D eigenvalue weighted by molar-refractivity contribution is 5.89. The SMILES string of the molecule is Cc1coc(-c2cccc(NC(=O)NCC(C)(O)C(C)C)c2)n1. The number of rotatable bonds is 5. The Bertz CT molecular complexity index is 677. The monoisotopic (exact) mass is 317 g/mol. The molecular formula is C17H23N3O3. The lowest BCUT2D eigenvalue weighted by Gasteiger charge is -2.27. The minimum atomic E-state index is -0.950. The predicted octanol–water partition coefficient (Wildman–Crippen LogP) is 3.18. The number of nitrogens with one attached hydrogen (secondary N) is 2. The topological polar surface area (TPSA) is 87.4 Å². The van der Waals surface area contributed by atoms with Crippen molar-refractivity contribution in [3.05, 3.63) is 36.2 Å². The molecule has 0 radical (unpaired) electrons. The fourth-order valence-corrected chi connectivity index (χ4v) is 1.86. The number of aliphatic hydroxyl groups is 1. The zero-order chi connectivity index (χ0) is 17.0. The van der Waals surface area contributed by atoms with E-state index in [1.807, 2.05) is 32.9 Å². The van der Waals surface area contributed by atoms with Gasteiger partial charge in [0, 0.05) is 17.8 Å². The number of nitrogens with zero attached hydrogens (tertiary/aromatic N) is 1. The Hall–Kier alpha value is -2.34. The lowest BCUT2D eigenvalue weighted by Crippen LogP contribution is -2.45. The van der Waals surface area contributed by atoms with Gasteiger partial charge in [-0.25, -0.2) is 9.78 Å². The maximum atomic E-state index is 12.0. The maximum Gasteiger partial charge on any atom is 0.319 e. The molecule has 1 aromatic carbocycles. The molecule has 3 N–H and O–H groups in total. The van der Waals surface area contributed by atoms with Gasteiger partial charge in [-0.2, -0.15) is 0 Å². The Morgan fingerprint density at radius 3 is 2.78 bits per heavy atom. The average Bonchev–Trinajstić information content (AvgIpc) is 2.92. The summed E-state index contributed by atoms with van der Waals surface area (Å²) in [5, 5.41) is 15.6. The number of aromatic nitrogens is 1. The third-order valence-corrected chi connectivity index (χ3v) is 3.84. The van der Waals surface area contributed by atoms with Crippen LogP contribution < -0.4 is 10.6 Å². The lowest BCUT2D eigenvalue weighted by atomic mass is 9.93. The molecule has 6 heteroatoms. The summed E-state index contributed by atoms with van der Waals surface area (Å²) in [6.45, 7) is 7.53. The number of hydrogen-bond donors (Lipinski definition) is 3. The molecule has 2 aromatic rings. The lowest BCUT2D eigenvalue weighted by molar-refractivity contribution is 0.0170. The van der Waals surface area contributed by atoms with Crippen LogP contribution in [0.25, 0.3) is 11.5 Å². The summed E-state index contributed by atoms with van der Waals surface area (Å²) in [4.78, 5) is 16.2. The molecule has 1 unspecified atom stereocenters. The Morgan fingerprint density at radius 2 is 2.17 bits per heavy atom. The van der Waals surface area contributed by atoms with E-state index >= 15 is 0 Å². The first-order valence-corrected chi connectivity index (χ1v) is 7.58. The first-order chi connectivity index (χ1) is 10.8. The standard InChI is InChI=1S/C17H23N3O3/c1-11(2)17(4,22)10-18-16(21)20-14-7-5-6-13(8-14)15-19-12(3)9-23-15/h5-9,11,22H,10H2,1-4H3,(H2,18,20,21). The number of oxazole rings is 1. The normalized spacial score (nSPS) is 13.7. The van der Waals surface area contributed by atoms with Gasteiger partial charge in [-0.3, -0.25) is 0 Å². The van der Waals surface area contributed by atoms with Crippen molar-refractivity contribution in [1.82, 2.24) is 10.3 Å². The molecule has 124 valence electrons. The second-order valence-electron chi connectivity index (χ2n) is 6.19. The van der Waals surface area contributed by atoms with Crippen molar-refractivity contribution < 1.29 is 14.3 Å². The summed E-state index contributed by atoms with van der Waals surface area (Å²) < 4.78 is 5.36. The van der Waals surface area contributed by atoms with E-state index < -0.39 is 5.60 Å². The molecule has 0 spiro atoms. The minimum Gasteiger partial charge on any atom is -0.444 e. The number of benzene rings is 1. The van der Waals surface area contributed by atoms with Crippen molar-refractivity contribution in [2.45, 2.75) is 33.3 Å². The highest BCUT2D eigenvalue weighted by Gasteiger charge is 2.25. The van der Waals surface area contributed by atoms with Crippen molar-refractivity contribution in [2.75, 3.05) is 11.9 Å². The summed E-state index contributed by atoms with van der Waals surface area (Å²) in [6, 6.07) is 6.86. The number of anilines is 1. The van der Waals surface area contributed by atoms with Gasteiger partial charge >= 0.3 is 6.03 Å². The van der Waals surface area contributed by atoms with Gasteiger partial charge in [0.15, 0.2) is 0 Å². The molecule has 2 rings (SSSR count). The molecule has 0 aliphatic carbocycles. The molecule has 0 saturated heterocycles. The van der Waals surface area contributed by atoms with Gasteiger partial charge in [0.05, 0.1) is 11.3 Å². The van der Waals surface area contributed by atoms with Gasteiger partial charge in [-0.05, 0) is 38.0 Å². The van der Waals surface area contributed by atoms with E-state index in [9.17, 15) is 9.90 Å². The third kappa shape index (κ3) is 4.56. The Morgan fingerprint density at radius 1 is 1.43 bits per heavy atom. The van der Waals surface area contributed by atoms with Gasteiger partial charge in [0.2, 0.25) is 5.89 Å². The van der Waals surface area contributed by atoms with E-state index in [1.54, 1.807) is 25.3 Å². The zero-order valence-electron chi connectivity index (χ0n) is 13.9. The summed E-state index contributed by atoms with van der Waals surface area (Å²) >= 11 is 0. The van der Waals surface area contributed by atoms with E-state index in [-0.39, 0.29) is 18.5 Å². The maximum absolute atomic E-state index is 12.0. The van der Waals surface area contributed by atoms with Crippen LogP contribution in [-0.2, 0) is 0 Å². The fraction of sp³-hybridized carbons (Fsp3) is 0.412. The van der Waals surface area contributed by atoms with Gasteiger partial charge in [-0.15, -0.1) is 0 Å². The molecule has 0 aliphatic rings. The third-order valence-electron chi connectivity index (χ3n) is 3.84. The Balaban J connectivity index is 1.99. The Kier molecular flexibility index (Phi) is 5.05. The van der Waals surface area contributed by atoms with E-state index in [1.165, 1.54) is 0 Å². The molecule has 1 atom stereocenters. The first kappa shape index (κ1) is 17.0. The molecule has 6 nitrogen and oxygen atoms in total. The van der Waals surface area contributed by atoms with Gasteiger partial charge in [0.1, 0.15) is 6.26 Å². The molecule has 0 aliphatic heterocycles. The average molecular weight is 317 g/mol. The van der Waals surface area contributed by atoms with Crippen LogP contribution in [0.4, 0.5) is 10.5 Å². The molecule has 0 fully saturated rings. The van der Waals surface area contributed by atoms with E-state index in [0.29, 0.717) is 11.6 Å². The smallest absolute Gasteiger partial charge is 0.319 e. The molecule has 23 heavy (non-hydrogen) atoms. The Labute approximate surface area is 135 Å². The minimum absolute atomic E-state index is 0.0411. The highest BCUT2D eigenvalue weighted by atomic mass is 16.3. The van der Waals surface area contributed by atoms with Crippen molar-refractivity contribution in [2.24, 2.45) is 5.92 Å². The number of amides is 2. The van der Waals surface area contributed by atoms with E-state index in [4.69, 9.17) is 4.42 Å². The molecule has 0 saturated carbocycles. The van der Waals surface area contributed by atoms with Gasteiger partial charge in [-0.1, -0.05) is 19.9 Å². The van der Waals surface area contributed by atoms with Crippen LogP contribution >= 0.6 is 0 Å². The molecule has 2 amide bonds. The number of aryl methyl sites for hydroxylation is 1. The molecule has 1 aromatic heterocycles. The number of carbonyl (C=O) groups excluding carboxylic acids is 1. The highest BCUT2D eigenvalue weighted by Crippen LogP contribution is 2.22. The second-order valence-corrected chi connectivity index (χ2v) is 6.19. The summed E-state index contributed by atoms with van der Waals surface area (Å²) in [5.74, 6) is 0.550. The van der Waals surface area contributed by atoms with E-state index in [2.05, 4.69) is 15.6 Å².